The number of ether oxygens (including phenoxy) is 2. The van der Waals surface area contributed by atoms with Crippen molar-refractivity contribution in [2.45, 2.75) is 45.3 Å². The molecule has 0 amide bonds. The van der Waals surface area contributed by atoms with E-state index in [-0.39, 0.29) is 5.60 Å². The average Bonchev–Trinajstić information content (AvgIpc) is 2.53. The van der Waals surface area contributed by atoms with Gasteiger partial charge in [-0.3, -0.25) is 0 Å². The number of para-hydroxylation sites is 1. The first-order valence-electron chi connectivity index (χ1n) is 8.64. The summed E-state index contributed by atoms with van der Waals surface area (Å²) in [6, 6.07) is 10.00. The second kappa shape index (κ2) is 8.67. The molecule has 0 saturated carbocycles. The van der Waals surface area contributed by atoms with Gasteiger partial charge in [0.15, 0.2) is 0 Å². The van der Waals surface area contributed by atoms with E-state index in [1.165, 1.54) is 0 Å². The Morgan fingerprint density at radius 2 is 1.83 bits per heavy atom. The molecular weight excluding hydrogens is 290 g/mol. The van der Waals surface area contributed by atoms with E-state index in [0.29, 0.717) is 19.1 Å². The van der Waals surface area contributed by atoms with E-state index in [9.17, 15) is 5.11 Å². The first-order valence-corrected chi connectivity index (χ1v) is 8.64. The van der Waals surface area contributed by atoms with Crippen LogP contribution in [0.15, 0.2) is 30.3 Å². The first kappa shape index (κ1) is 18.2. The molecule has 1 saturated heterocycles. The number of piperidine rings is 1. The van der Waals surface area contributed by atoms with Crippen LogP contribution in [-0.4, -0.2) is 54.6 Å². The molecule has 1 aliphatic heterocycles. The van der Waals surface area contributed by atoms with Crippen molar-refractivity contribution in [1.82, 2.24) is 4.90 Å². The Balaban J connectivity index is 1.62. The van der Waals surface area contributed by atoms with Crippen LogP contribution in [0.5, 0.6) is 5.75 Å². The maximum absolute atomic E-state index is 10.1. The number of hydrogen-bond acceptors (Lipinski definition) is 4. The van der Waals surface area contributed by atoms with Crippen molar-refractivity contribution >= 4 is 0 Å². The van der Waals surface area contributed by atoms with Crippen LogP contribution in [-0.2, 0) is 4.74 Å². The number of likely N-dealkylation sites (tertiary alicyclic amines) is 1. The number of aliphatic hydroxyl groups excluding tert-OH is 1. The lowest BCUT2D eigenvalue weighted by Crippen LogP contribution is -2.42. The van der Waals surface area contributed by atoms with Gasteiger partial charge in [-0.05, 0) is 64.8 Å². The van der Waals surface area contributed by atoms with E-state index in [0.717, 1.165) is 38.3 Å². The second-order valence-corrected chi connectivity index (χ2v) is 7.45. The predicted octanol–water partition coefficient (Wildman–Crippen LogP) is 2.95. The summed E-state index contributed by atoms with van der Waals surface area (Å²) in [5, 5.41) is 10.1. The van der Waals surface area contributed by atoms with Crippen molar-refractivity contribution in [2.75, 3.05) is 32.8 Å². The number of aliphatic hydroxyl groups is 1. The number of β-amino-alcohol motifs (C(OH)–C–C–N with tert-alkyl or cyclic N) is 1. The first-order chi connectivity index (χ1) is 10.9. The zero-order valence-corrected chi connectivity index (χ0v) is 14.7. The highest BCUT2D eigenvalue weighted by atomic mass is 16.5. The molecule has 23 heavy (non-hydrogen) atoms. The maximum Gasteiger partial charge on any atom is 0.119 e. The van der Waals surface area contributed by atoms with Gasteiger partial charge in [0.2, 0.25) is 0 Å². The fourth-order valence-corrected chi connectivity index (χ4v) is 2.76. The Kier molecular flexibility index (Phi) is 6.88. The number of benzene rings is 1. The molecule has 1 fully saturated rings. The van der Waals surface area contributed by atoms with Crippen LogP contribution in [0.2, 0.25) is 0 Å². The highest BCUT2D eigenvalue weighted by Gasteiger charge is 2.22. The largest absolute Gasteiger partial charge is 0.493 e. The van der Waals surface area contributed by atoms with Crippen molar-refractivity contribution in [3.63, 3.8) is 0 Å². The van der Waals surface area contributed by atoms with Gasteiger partial charge in [-0.25, -0.2) is 0 Å². The standard InChI is InChI=1S/C19H31NO3/c1-19(2,3)23-15-17(21)13-20-11-9-16(10-12-20)14-22-18-7-5-4-6-8-18/h4-8,16-17,21H,9-15H2,1-3H3. The Hall–Kier alpha value is -1.10. The van der Waals surface area contributed by atoms with Crippen molar-refractivity contribution in [1.29, 1.82) is 0 Å². The fourth-order valence-electron chi connectivity index (χ4n) is 2.76. The Bertz CT molecular complexity index is 436. The summed E-state index contributed by atoms with van der Waals surface area (Å²) in [4.78, 5) is 2.33. The molecule has 0 aromatic heterocycles. The summed E-state index contributed by atoms with van der Waals surface area (Å²) in [6.07, 6.45) is 1.84. The maximum atomic E-state index is 10.1. The van der Waals surface area contributed by atoms with Gasteiger partial charge in [-0.1, -0.05) is 18.2 Å². The highest BCUT2D eigenvalue weighted by Crippen LogP contribution is 2.19. The quantitative estimate of drug-likeness (QED) is 0.838. The van der Waals surface area contributed by atoms with Gasteiger partial charge in [0, 0.05) is 6.54 Å². The van der Waals surface area contributed by atoms with Gasteiger partial charge in [-0.15, -0.1) is 0 Å². The Morgan fingerprint density at radius 1 is 1.17 bits per heavy atom. The molecule has 4 nitrogen and oxygen atoms in total. The number of nitrogens with zero attached hydrogens (tertiary/aromatic N) is 1. The minimum atomic E-state index is -0.411. The van der Waals surface area contributed by atoms with Gasteiger partial charge < -0.3 is 19.5 Å². The average molecular weight is 321 g/mol. The van der Waals surface area contributed by atoms with Crippen molar-refractivity contribution in [2.24, 2.45) is 5.92 Å². The molecule has 1 aliphatic rings. The van der Waals surface area contributed by atoms with E-state index >= 15 is 0 Å². The van der Waals surface area contributed by atoms with Crippen LogP contribution in [0.4, 0.5) is 0 Å². The third-order valence-electron chi connectivity index (χ3n) is 4.11. The lowest BCUT2D eigenvalue weighted by atomic mass is 9.97. The SMILES string of the molecule is CC(C)(C)OCC(O)CN1CCC(COc2ccccc2)CC1. The summed E-state index contributed by atoms with van der Waals surface area (Å²) < 4.78 is 11.5. The van der Waals surface area contributed by atoms with E-state index in [1.54, 1.807) is 0 Å². The van der Waals surface area contributed by atoms with Crippen LogP contribution in [0, 0.1) is 5.92 Å². The van der Waals surface area contributed by atoms with E-state index in [1.807, 2.05) is 51.1 Å². The Morgan fingerprint density at radius 3 is 2.43 bits per heavy atom. The van der Waals surface area contributed by atoms with Crippen LogP contribution in [0.25, 0.3) is 0 Å². The molecule has 0 bridgehead atoms. The summed E-state index contributed by atoms with van der Waals surface area (Å²) >= 11 is 0. The molecule has 1 aromatic carbocycles. The normalized spacial score (nSPS) is 18.8. The molecule has 1 heterocycles. The van der Waals surface area contributed by atoms with Crippen LogP contribution >= 0.6 is 0 Å². The molecule has 0 aliphatic carbocycles. The molecule has 1 aromatic rings. The molecular formula is C19H31NO3. The third-order valence-corrected chi connectivity index (χ3v) is 4.11. The molecule has 1 atom stereocenters. The van der Waals surface area contributed by atoms with E-state index in [2.05, 4.69) is 4.90 Å². The van der Waals surface area contributed by atoms with E-state index < -0.39 is 6.10 Å². The van der Waals surface area contributed by atoms with Crippen LogP contribution < -0.4 is 4.74 Å². The Labute approximate surface area is 140 Å². The molecule has 130 valence electrons. The lowest BCUT2D eigenvalue weighted by Gasteiger charge is -2.33. The summed E-state index contributed by atoms with van der Waals surface area (Å²) in [7, 11) is 0. The topological polar surface area (TPSA) is 41.9 Å². The molecule has 1 N–H and O–H groups in total. The van der Waals surface area contributed by atoms with Crippen molar-refractivity contribution < 1.29 is 14.6 Å². The van der Waals surface area contributed by atoms with Gasteiger partial charge in [0.1, 0.15) is 5.75 Å². The van der Waals surface area contributed by atoms with Crippen LogP contribution in [0.3, 0.4) is 0 Å². The molecule has 4 heteroatoms. The van der Waals surface area contributed by atoms with Gasteiger partial charge in [-0.2, -0.15) is 0 Å². The number of hydrogen-bond donors (Lipinski definition) is 1. The molecule has 0 spiro atoms. The second-order valence-electron chi connectivity index (χ2n) is 7.45. The van der Waals surface area contributed by atoms with Gasteiger partial charge in [0.05, 0.1) is 24.9 Å². The summed E-state index contributed by atoms with van der Waals surface area (Å²) in [6.45, 7) is 9.97. The third kappa shape index (κ3) is 7.34. The fraction of sp³-hybridized carbons (Fsp3) is 0.684. The minimum absolute atomic E-state index is 0.192. The highest BCUT2D eigenvalue weighted by molar-refractivity contribution is 5.20. The lowest BCUT2D eigenvalue weighted by molar-refractivity contribution is -0.0581. The monoisotopic (exact) mass is 321 g/mol. The van der Waals surface area contributed by atoms with Gasteiger partial charge in [0.25, 0.3) is 0 Å². The summed E-state index contributed by atoms with van der Waals surface area (Å²) in [5.41, 5.74) is -0.192. The zero-order valence-electron chi connectivity index (χ0n) is 14.7. The smallest absolute Gasteiger partial charge is 0.119 e. The summed E-state index contributed by atoms with van der Waals surface area (Å²) in [5.74, 6) is 1.55. The van der Waals surface area contributed by atoms with Crippen LogP contribution in [0.1, 0.15) is 33.6 Å². The van der Waals surface area contributed by atoms with E-state index in [4.69, 9.17) is 9.47 Å². The minimum Gasteiger partial charge on any atom is -0.493 e. The number of rotatable bonds is 7. The molecule has 0 radical (unpaired) electrons. The molecule has 2 rings (SSSR count). The molecule has 1 unspecified atom stereocenters. The van der Waals surface area contributed by atoms with Gasteiger partial charge >= 0.3 is 0 Å². The van der Waals surface area contributed by atoms with Crippen molar-refractivity contribution in [3.05, 3.63) is 30.3 Å². The zero-order chi connectivity index (χ0) is 16.7. The van der Waals surface area contributed by atoms with Crippen molar-refractivity contribution in [3.8, 4) is 5.75 Å². The predicted molar refractivity (Wildman–Crippen MR) is 92.8 cm³/mol.